The topological polar surface area (TPSA) is 92.0 Å². The minimum Gasteiger partial charge on any atom is -0.472 e. The summed E-state index contributed by atoms with van der Waals surface area (Å²) >= 11 is 0. The molecule has 2 aliphatic heterocycles. The van der Waals surface area contributed by atoms with E-state index >= 15 is 0 Å². The Kier molecular flexibility index (Phi) is 5.01. The Bertz CT molecular complexity index is 1060. The van der Waals surface area contributed by atoms with E-state index in [1.54, 1.807) is 12.5 Å². The smallest absolute Gasteiger partial charge is 0.309 e. The molecule has 2 saturated heterocycles. The van der Waals surface area contributed by atoms with Gasteiger partial charge in [-0.3, -0.25) is 14.4 Å². The van der Waals surface area contributed by atoms with Crippen LogP contribution in [0.5, 0.6) is 0 Å². The van der Waals surface area contributed by atoms with Crippen molar-refractivity contribution in [2.75, 3.05) is 7.11 Å². The Morgan fingerprint density at radius 1 is 1.24 bits per heavy atom. The highest BCUT2D eigenvalue weighted by atomic mass is 16.6. The predicted molar refractivity (Wildman–Crippen MR) is 121 cm³/mol. The first-order valence-electron chi connectivity index (χ1n) is 12.1. The number of hydrogen-bond acceptors (Lipinski definition) is 7. The lowest BCUT2D eigenvalue weighted by Gasteiger charge is -2.70. The first-order valence-corrected chi connectivity index (χ1v) is 12.1. The van der Waals surface area contributed by atoms with Gasteiger partial charge in [-0.2, -0.15) is 0 Å². The number of ether oxygens (including phenoxy) is 3. The van der Waals surface area contributed by atoms with Crippen molar-refractivity contribution in [2.24, 2.45) is 28.1 Å². The highest BCUT2D eigenvalue weighted by molar-refractivity contribution is 5.87. The summed E-state index contributed by atoms with van der Waals surface area (Å²) in [6, 6.07) is 1.82. The van der Waals surface area contributed by atoms with Gasteiger partial charge in [-0.05, 0) is 36.3 Å². The van der Waals surface area contributed by atoms with E-state index in [1.165, 1.54) is 7.11 Å². The monoisotopic (exact) mass is 470 g/mol. The van der Waals surface area contributed by atoms with Gasteiger partial charge in [0.2, 0.25) is 0 Å². The molecule has 2 bridgehead atoms. The van der Waals surface area contributed by atoms with Crippen molar-refractivity contribution in [3.63, 3.8) is 0 Å². The van der Waals surface area contributed by atoms with Crippen LogP contribution in [0.3, 0.4) is 0 Å². The largest absolute Gasteiger partial charge is 0.472 e. The van der Waals surface area contributed by atoms with Gasteiger partial charge in [0.25, 0.3) is 0 Å². The normalized spacial score (nSPS) is 42.9. The van der Waals surface area contributed by atoms with Crippen LogP contribution in [-0.2, 0) is 28.6 Å². The first kappa shape index (κ1) is 23.3. The van der Waals surface area contributed by atoms with Crippen LogP contribution < -0.4 is 0 Å². The fourth-order valence-electron chi connectivity index (χ4n) is 7.88. The Morgan fingerprint density at radius 3 is 2.62 bits per heavy atom. The van der Waals surface area contributed by atoms with Crippen LogP contribution in [0.15, 0.2) is 35.2 Å². The van der Waals surface area contributed by atoms with Gasteiger partial charge >= 0.3 is 11.9 Å². The second kappa shape index (κ2) is 7.30. The number of methoxy groups -OCH3 is 1. The maximum absolute atomic E-state index is 13.4. The van der Waals surface area contributed by atoms with Crippen molar-refractivity contribution in [3.05, 3.63) is 36.3 Å². The zero-order valence-corrected chi connectivity index (χ0v) is 20.6. The van der Waals surface area contributed by atoms with E-state index in [-0.39, 0.29) is 48.8 Å². The zero-order valence-electron chi connectivity index (χ0n) is 20.6. The molecule has 4 fully saturated rings. The van der Waals surface area contributed by atoms with Crippen LogP contribution in [0.4, 0.5) is 0 Å². The summed E-state index contributed by atoms with van der Waals surface area (Å²) in [5.41, 5.74) is -1.05. The van der Waals surface area contributed by atoms with Crippen molar-refractivity contribution < 1.29 is 33.0 Å². The number of ketones is 1. The van der Waals surface area contributed by atoms with Gasteiger partial charge in [-0.25, -0.2) is 0 Å². The summed E-state index contributed by atoms with van der Waals surface area (Å²) < 4.78 is 23.2. The molecule has 1 aromatic heterocycles. The lowest BCUT2D eigenvalue weighted by molar-refractivity contribution is -0.298. The number of cyclic esters (lactones) is 1. The average molecular weight is 471 g/mol. The molecular formula is C27H34O7. The van der Waals surface area contributed by atoms with Gasteiger partial charge in [0.15, 0.2) is 0 Å². The van der Waals surface area contributed by atoms with Crippen molar-refractivity contribution in [3.8, 4) is 0 Å². The second-order valence-corrected chi connectivity index (χ2v) is 11.6. The molecule has 0 aromatic carbocycles. The van der Waals surface area contributed by atoms with E-state index in [4.69, 9.17) is 18.6 Å². The highest BCUT2D eigenvalue weighted by Crippen LogP contribution is 2.71. The third kappa shape index (κ3) is 2.76. The third-order valence-corrected chi connectivity index (χ3v) is 9.98. The van der Waals surface area contributed by atoms with Crippen LogP contribution in [0.1, 0.15) is 71.5 Å². The summed E-state index contributed by atoms with van der Waals surface area (Å²) in [6.07, 6.45) is 4.23. The Morgan fingerprint density at radius 2 is 1.97 bits per heavy atom. The Hall–Kier alpha value is -2.41. The molecule has 5 rings (SSSR count). The number of hydrogen-bond donors (Lipinski definition) is 0. The quantitative estimate of drug-likeness (QED) is 0.472. The molecule has 7 heteroatoms. The van der Waals surface area contributed by atoms with Gasteiger partial charge in [0.1, 0.15) is 17.5 Å². The first-order chi connectivity index (χ1) is 15.9. The van der Waals surface area contributed by atoms with E-state index in [9.17, 15) is 14.4 Å². The minimum atomic E-state index is -0.949. The standard InChI is InChI=1S/C27H34O7/c1-15-17-7-9-25(4)23(16-8-10-32-14-16)33-22(30)13-27(15,25)34-20-12-19(28)24(2,3)18(26(17,20)5)11-21(29)31-6/h8,10,14,17-18,20,23H,1,7,9,11-13H2,2-6H3/t17-,18-,20-,23+,25-,26+,27-/m0/s1. The van der Waals surface area contributed by atoms with Gasteiger partial charge < -0.3 is 18.6 Å². The van der Waals surface area contributed by atoms with Crippen molar-refractivity contribution >= 4 is 17.7 Å². The van der Waals surface area contributed by atoms with Gasteiger partial charge in [0, 0.05) is 34.7 Å². The maximum Gasteiger partial charge on any atom is 0.309 e. The lowest BCUT2D eigenvalue weighted by Crippen LogP contribution is -2.72. The number of carbonyl (C=O) groups is 3. The van der Waals surface area contributed by atoms with Gasteiger partial charge in [0.05, 0.1) is 32.2 Å². The van der Waals surface area contributed by atoms with Crippen LogP contribution in [0.2, 0.25) is 0 Å². The lowest BCUT2D eigenvalue weighted by atomic mass is 9.41. The molecule has 1 aromatic rings. The van der Waals surface area contributed by atoms with Crippen molar-refractivity contribution in [1.29, 1.82) is 0 Å². The molecular weight excluding hydrogens is 436 g/mol. The van der Waals surface area contributed by atoms with E-state index in [0.717, 1.165) is 24.0 Å². The molecule has 7 atom stereocenters. The third-order valence-electron chi connectivity index (χ3n) is 9.98. The van der Waals surface area contributed by atoms with Crippen LogP contribution in [0.25, 0.3) is 0 Å². The molecule has 3 heterocycles. The summed E-state index contributed by atoms with van der Waals surface area (Å²) in [5, 5.41) is 0. The molecule has 0 N–H and O–H groups in total. The number of rotatable bonds is 3. The summed E-state index contributed by atoms with van der Waals surface area (Å²) in [6.45, 7) is 12.6. The van der Waals surface area contributed by atoms with Crippen LogP contribution >= 0.6 is 0 Å². The van der Waals surface area contributed by atoms with E-state index in [0.29, 0.717) is 0 Å². The fourth-order valence-corrected chi connectivity index (χ4v) is 7.88. The molecule has 2 aliphatic carbocycles. The highest BCUT2D eigenvalue weighted by Gasteiger charge is 2.73. The number of furan rings is 1. The Labute approximate surface area is 200 Å². The second-order valence-electron chi connectivity index (χ2n) is 11.6. The number of carbonyl (C=O) groups excluding carboxylic acids is 3. The molecule has 7 nitrogen and oxygen atoms in total. The maximum atomic E-state index is 13.4. The van der Waals surface area contributed by atoms with E-state index < -0.39 is 34.1 Å². The van der Waals surface area contributed by atoms with Gasteiger partial charge in [-0.15, -0.1) is 0 Å². The Balaban J connectivity index is 1.63. The number of Topliss-reactive ketones (excluding diaryl/α,β-unsaturated/α-hetero) is 1. The molecule has 1 spiro atoms. The average Bonchev–Trinajstić information content (AvgIpc) is 3.30. The van der Waals surface area contributed by atoms with Crippen molar-refractivity contribution in [1.82, 2.24) is 0 Å². The molecule has 34 heavy (non-hydrogen) atoms. The van der Waals surface area contributed by atoms with Gasteiger partial charge in [-0.1, -0.05) is 34.3 Å². The minimum absolute atomic E-state index is 0.00254. The molecule has 0 amide bonds. The van der Waals surface area contributed by atoms with E-state index in [1.807, 2.05) is 19.9 Å². The number of fused-ring (bicyclic) bond motifs is 3. The van der Waals surface area contributed by atoms with Crippen LogP contribution in [0, 0.1) is 28.1 Å². The summed E-state index contributed by atoms with van der Waals surface area (Å²) in [4.78, 5) is 38.8. The van der Waals surface area contributed by atoms with Crippen LogP contribution in [-0.4, -0.2) is 36.5 Å². The number of esters is 2. The molecule has 184 valence electrons. The molecule has 0 unspecified atom stereocenters. The molecule has 2 saturated carbocycles. The predicted octanol–water partition coefficient (Wildman–Crippen LogP) is 4.56. The van der Waals surface area contributed by atoms with Crippen molar-refractivity contribution in [2.45, 2.75) is 77.6 Å². The molecule has 0 radical (unpaired) electrons. The molecule has 4 aliphatic rings. The zero-order chi connectivity index (χ0) is 24.7. The fraction of sp³-hybridized carbons (Fsp3) is 0.667. The summed E-state index contributed by atoms with van der Waals surface area (Å²) in [5.74, 6) is -0.889. The SMILES string of the molecule is C=C1[C@@H]2CC[C@@]3(C)[C@@H](c4ccoc4)OC(=O)C[C@]13O[C@H]1CC(=O)C(C)(C)[C@H](CC(=O)OC)[C@]12C. The summed E-state index contributed by atoms with van der Waals surface area (Å²) in [7, 11) is 1.38. The van der Waals surface area contributed by atoms with E-state index in [2.05, 4.69) is 20.4 Å².